The van der Waals surface area contributed by atoms with Crippen LogP contribution in [0.1, 0.15) is 34.1 Å². The van der Waals surface area contributed by atoms with Crippen molar-refractivity contribution in [2.45, 2.75) is 51.9 Å². The van der Waals surface area contributed by atoms with E-state index in [-0.39, 0.29) is 17.2 Å². The zero-order valence-electron chi connectivity index (χ0n) is 16.7. The average molecular weight is 406 g/mol. The number of fused-ring (bicyclic) bond motifs is 1. The van der Waals surface area contributed by atoms with E-state index in [9.17, 15) is 14.4 Å². The minimum absolute atomic E-state index is 0.0315. The number of rotatable bonds is 9. The number of carbonyl (C=O) groups excluding carboxylic acids is 2. The van der Waals surface area contributed by atoms with Crippen LogP contribution in [0.25, 0.3) is 10.9 Å². The van der Waals surface area contributed by atoms with E-state index in [0.717, 1.165) is 18.2 Å². The molecule has 1 aromatic carbocycles. The monoisotopic (exact) mass is 405 g/mol. The molecular formula is C20H27N3O4S. The Morgan fingerprint density at radius 2 is 1.96 bits per heavy atom. The molecule has 8 heteroatoms. The van der Waals surface area contributed by atoms with Crippen LogP contribution in [0, 0.1) is 5.92 Å². The lowest BCUT2D eigenvalue weighted by Crippen LogP contribution is -2.36. The van der Waals surface area contributed by atoms with Gasteiger partial charge >= 0.3 is 5.97 Å². The average Bonchev–Trinajstić information content (AvgIpc) is 2.65. The van der Waals surface area contributed by atoms with Gasteiger partial charge < -0.3 is 10.1 Å². The van der Waals surface area contributed by atoms with Gasteiger partial charge in [-0.1, -0.05) is 37.7 Å². The van der Waals surface area contributed by atoms with Crippen LogP contribution in [0.4, 0.5) is 0 Å². The van der Waals surface area contributed by atoms with Crippen molar-refractivity contribution in [1.82, 2.24) is 14.9 Å². The Bertz CT molecular complexity index is 895. The van der Waals surface area contributed by atoms with Gasteiger partial charge in [-0.3, -0.25) is 19.0 Å². The number of hydrogen-bond donors (Lipinski definition) is 1. The molecule has 0 aliphatic carbocycles. The number of para-hydroxylation sites is 1. The van der Waals surface area contributed by atoms with E-state index in [0.29, 0.717) is 35.1 Å². The summed E-state index contributed by atoms with van der Waals surface area (Å²) in [5, 5.41) is 3.64. The van der Waals surface area contributed by atoms with Crippen LogP contribution in [0.3, 0.4) is 0 Å². The molecule has 0 saturated heterocycles. The second-order valence-electron chi connectivity index (χ2n) is 6.87. The number of hydrogen-bond acceptors (Lipinski definition) is 6. The quantitative estimate of drug-likeness (QED) is 0.392. The van der Waals surface area contributed by atoms with E-state index in [1.54, 1.807) is 23.6 Å². The number of nitrogens with one attached hydrogen (secondary N) is 1. The Hall–Kier alpha value is -2.35. The van der Waals surface area contributed by atoms with Crippen LogP contribution in [-0.4, -0.2) is 39.8 Å². The molecule has 28 heavy (non-hydrogen) atoms. The van der Waals surface area contributed by atoms with Crippen LogP contribution >= 0.6 is 11.8 Å². The predicted molar refractivity (Wildman–Crippen MR) is 110 cm³/mol. The van der Waals surface area contributed by atoms with Crippen molar-refractivity contribution in [3.8, 4) is 0 Å². The first-order valence-corrected chi connectivity index (χ1v) is 10.4. The summed E-state index contributed by atoms with van der Waals surface area (Å²) in [6.45, 7) is 8.50. The summed E-state index contributed by atoms with van der Waals surface area (Å²) in [6, 6.07) is 7.17. The number of nitrogens with zero attached hydrogens (tertiary/aromatic N) is 2. The molecule has 0 fully saturated rings. The maximum Gasteiger partial charge on any atom is 0.317 e. The number of esters is 1. The van der Waals surface area contributed by atoms with Gasteiger partial charge in [0.15, 0.2) is 11.3 Å². The van der Waals surface area contributed by atoms with Gasteiger partial charge in [-0.05, 0) is 38.3 Å². The van der Waals surface area contributed by atoms with E-state index < -0.39 is 12.1 Å². The lowest BCUT2D eigenvalue weighted by atomic mass is 10.1. The summed E-state index contributed by atoms with van der Waals surface area (Å²) >= 11 is 1.15. The fourth-order valence-corrected chi connectivity index (χ4v) is 3.38. The fraction of sp³-hybridized carbons (Fsp3) is 0.500. The van der Waals surface area contributed by atoms with Crippen molar-refractivity contribution in [1.29, 1.82) is 0 Å². The van der Waals surface area contributed by atoms with E-state index in [4.69, 9.17) is 4.74 Å². The van der Waals surface area contributed by atoms with Gasteiger partial charge in [0.1, 0.15) is 0 Å². The Labute approximate surface area is 168 Å². The maximum atomic E-state index is 12.9. The van der Waals surface area contributed by atoms with Gasteiger partial charge in [0, 0.05) is 13.1 Å². The summed E-state index contributed by atoms with van der Waals surface area (Å²) in [7, 11) is 0. The molecular weight excluding hydrogens is 378 g/mol. The predicted octanol–water partition coefficient (Wildman–Crippen LogP) is 2.60. The SMILES string of the molecule is CCNC(=O)[C@H](C)OC(=O)CSc1nc2ccccc2c(=O)n1CCC(C)C. The molecule has 0 spiro atoms. The highest BCUT2D eigenvalue weighted by atomic mass is 32.2. The molecule has 152 valence electrons. The summed E-state index contributed by atoms with van der Waals surface area (Å²) in [5.74, 6) is -0.463. The molecule has 0 radical (unpaired) electrons. The minimum Gasteiger partial charge on any atom is -0.452 e. The summed E-state index contributed by atoms with van der Waals surface area (Å²) in [6.07, 6.45) is -0.0349. The molecule has 7 nitrogen and oxygen atoms in total. The summed E-state index contributed by atoms with van der Waals surface area (Å²) in [5.41, 5.74) is 0.484. The van der Waals surface area contributed by atoms with E-state index in [1.807, 2.05) is 12.1 Å². The fourth-order valence-electron chi connectivity index (χ4n) is 2.57. The summed E-state index contributed by atoms with van der Waals surface area (Å²) < 4.78 is 6.77. The first-order chi connectivity index (χ1) is 13.3. The minimum atomic E-state index is -0.860. The second-order valence-corrected chi connectivity index (χ2v) is 7.81. The first-order valence-electron chi connectivity index (χ1n) is 9.43. The third-order valence-corrected chi connectivity index (χ3v) is 5.05. The van der Waals surface area contributed by atoms with Crippen molar-refractivity contribution < 1.29 is 14.3 Å². The third-order valence-electron chi connectivity index (χ3n) is 4.10. The lowest BCUT2D eigenvalue weighted by Gasteiger charge is -2.15. The highest BCUT2D eigenvalue weighted by molar-refractivity contribution is 7.99. The van der Waals surface area contributed by atoms with Crippen LogP contribution in [-0.2, 0) is 20.9 Å². The number of aromatic nitrogens is 2. The first kappa shape index (κ1) is 21.9. The molecule has 0 aliphatic rings. The van der Waals surface area contributed by atoms with E-state index >= 15 is 0 Å². The molecule has 1 amide bonds. The number of thioether (sulfide) groups is 1. The summed E-state index contributed by atoms with van der Waals surface area (Å²) in [4.78, 5) is 41.3. The van der Waals surface area contributed by atoms with Crippen LogP contribution in [0.5, 0.6) is 0 Å². The Morgan fingerprint density at radius 3 is 2.64 bits per heavy atom. The van der Waals surface area contributed by atoms with Gasteiger partial charge in [-0.15, -0.1) is 0 Å². The highest BCUT2D eigenvalue weighted by Gasteiger charge is 2.19. The van der Waals surface area contributed by atoms with Crippen molar-refractivity contribution in [2.75, 3.05) is 12.3 Å². The van der Waals surface area contributed by atoms with Crippen LogP contribution in [0.15, 0.2) is 34.2 Å². The molecule has 1 N–H and O–H groups in total. The molecule has 0 bridgehead atoms. The molecule has 0 unspecified atom stereocenters. The third kappa shape index (κ3) is 5.82. The lowest BCUT2D eigenvalue weighted by molar-refractivity contribution is -0.152. The van der Waals surface area contributed by atoms with Gasteiger partial charge in [0.05, 0.1) is 16.7 Å². The molecule has 1 aromatic heterocycles. The zero-order valence-corrected chi connectivity index (χ0v) is 17.5. The molecule has 0 saturated carbocycles. The number of ether oxygens (including phenoxy) is 1. The Balaban J connectivity index is 2.18. The van der Waals surface area contributed by atoms with Crippen LogP contribution in [0.2, 0.25) is 0 Å². The smallest absolute Gasteiger partial charge is 0.317 e. The second kappa shape index (κ2) is 10.3. The Morgan fingerprint density at radius 1 is 1.25 bits per heavy atom. The molecule has 2 aromatic rings. The van der Waals surface area contributed by atoms with Gasteiger partial charge in [0.25, 0.3) is 11.5 Å². The number of carbonyl (C=O) groups is 2. The molecule has 1 atom stereocenters. The molecule has 2 rings (SSSR count). The van der Waals surface area contributed by atoms with Crippen molar-refractivity contribution in [2.24, 2.45) is 5.92 Å². The largest absolute Gasteiger partial charge is 0.452 e. The van der Waals surface area contributed by atoms with Gasteiger partial charge in [0.2, 0.25) is 0 Å². The number of likely N-dealkylation sites (N-methyl/N-ethyl adjacent to an activating group) is 1. The van der Waals surface area contributed by atoms with Gasteiger partial charge in [-0.2, -0.15) is 0 Å². The number of benzene rings is 1. The van der Waals surface area contributed by atoms with Crippen LogP contribution < -0.4 is 10.9 Å². The highest BCUT2D eigenvalue weighted by Crippen LogP contribution is 2.19. The molecule has 1 heterocycles. The standard InChI is InChI=1S/C20H27N3O4S/c1-5-21-18(25)14(4)27-17(24)12-28-20-22-16-9-7-6-8-15(16)19(26)23(20)11-10-13(2)3/h6-9,13-14H,5,10-12H2,1-4H3,(H,21,25)/t14-/m0/s1. The Kier molecular flexibility index (Phi) is 8.04. The maximum absolute atomic E-state index is 12.9. The topological polar surface area (TPSA) is 90.3 Å². The zero-order chi connectivity index (χ0) is 20.7. The van der Waals surface area contributed by atoms with Gasteiger partial charge in [-0.25, -0.2) is 4.98 Å². The van der Waals surface area contributed by atoms with E-state index in [2.05, 4.69) is 24.1 Å². The van der Waals surface area contributed by atoms with Crippen molar-refractivity contribution >= 4 is 34.5 Å². The molecule has 0 aliphatic heterocycles. The normalized spacial score (nSPS) is 12.2. The van der Waals surface area contributed by atoms with Crippen molar-refractivity contribution in [3.63, 3.8) is 0 Å². The number of amides is 1. The van der Waals surface area contributed by atoms with Crippen molar-refractivity contribution in [3.05, 3.63) is 34.6 Å². The van der Waals surface area contributed by atoms with E-state index in [1.165, 1.54) is 6.92 Å².